The highest BCUT2D eigenvalue weighted by molar-refractivity contribution is 5.76. The number of aryl methyl sites for hydroxylation is 4. The van der Waals surface area contributed by atoms with E-state index in [1.165, 1.54) is 64.3 Å². The first-order valence-corrected chi connectivity index (χ1v) is 10.6. The first-order chi connectivity index (χ1) is 13.0. The summed E-state index contributed by atoms with van der Waals surface area (Å²) < 4.78 is 2.14. The molecule has 1 aliphatic rings. The molecule has 1 aliphatic heterocycles. The first-order valence-electron chi connectivity index (χ1n) is 10.6. The Morgan fingerprint density at radius 2 is 1.81 bits per heavy atom. The van der Waals surface area contributed by atoms with Gasteiger partial charge < -0.3 is 4.90 Å². The van der Waals surface area contributed by atoms with Gasteiger partial charge in [0.15, 0.2) is 5.82 Å². The zero-order valence-corrected chi connectivity index (χ0v) is 18.0. The van der Waals surface area contributed by atoms with E-state index in [9.17, 15) is 0 Å². The highest BCUT2D eigenvalue weighted by Crippen LogP contribution is 2.39. The van der Waals surface area contributed by atoms with Crippen molar-refractivity contribution in [1.29, 1.82) is 0 Å². The van der Waals surface area contributed by atoms with Crippen molar-refractivity contribution >= 4 is 17.1 Å². The van der Waals surface area contributed by atoms with Gasteiger partial charge in [0.25, 0.3) is 0 Å². The summed E-state index contributed by atoms with van der Waals surface area (Å²) in [6.45, 7) is 12.2. The minimum atomic E-state index is 1.05. The molecule has 0 saturated carbocycles. The van der Waals surface area contributed by atoms with Gasteiger partial charge in [-0.3, -0.25) is 4.68 Å². The molecule has 146 valence electrons. The van der Waals surface area contributed by atoms with Crippen LogP contribution < -0.4 is 4.90 Å². The quantitative estimate of drug-likeness (QED) is 0.610. The second-order valence-electron chi connectivity index (χ2n) is 8.02. The third-order valence-electron chi connectivity index (χ3n) is 5.62. The molecule has 0 radical (unpaired) electrons. The maximum absolute atomic E-state index is 5.06. The van der Waals surface area contributed by atoms with Gasteiger partial charge in [-0.05, 0) is 69.6 Å². The van der Waals surface area contributed by atoms with Crippen molar-refractivity contribution in [2.75, 3.05) is 11.4 Å². The molecule has 3 rings (SSSR count). The lowest BCUT2D eigenvalue weighted by molar-refractivity contribution is 0.711. The Balaban J connectivity index is 2.17. The van der Waals surface area contributed by atoms with E-state index in [1.54, 1.807) is 0 Å². The van der Waals surface area contributed by atoms with E-state index in [0.717, 1.165) is 25.8 Å². The van der Waals surface area contributed by atoms with Crippen LogP contribution in [0, 0.1) is 20.8 Å². The van der Waals surface area contributed by atoms with Crippen LogP contribution in [-0.4, -0.2) is 16.3 Å². The minimum absolute atomic E-state index is 1.05. The standard InChI is InChI=1S/C24H35N3/c1-7-11-20(12-8-2)23-21-13-9-10-14-27(24(21)25-26(23)6)22-18(4)15-17(3)16-19(22)5/h11,15-16H,7-10,12-14H2,1-6H3/b20-11+. The monoisotopic (exact) mass is 365 g/mol. The SMILES string of the molecule is CC/C=C(\CCC)c1c2c(nn1C)N(c1c(C)cc(C)cc1C)CCCC2. The van der Waals surface area contributed by atoms with Crippen LogP contribution >= 0.6 is 0 Å². The highest BCUT2D eigenvalue weighted by Gasteiger charge is 2.27. The van der Waals surface area contributed by atoms with Gasteiger partial charge in [-0.25, -0.2) is 0 Å². The Morgan fingerprint density at radius 3 is 2.44 bits per heavy atom. The van der Waals surface area contributed by atoms with Crippen molar-refractivity contribution in [1.82, 2.24) is 9.78 Å². The van der Waals surface area contributed by atoms with Crippen molar-refractivity contribution in [3.63, 3.8) is 0 Å². The second-order valence-corrected chi connectivity index (χ2v) is 8.02. The van der Waals surface area contributed by atoms with E-state index < -0.39 is 0 Å². The van der Waals surface area contributed by atoms with Crippen molar-refractivity contribution in [2.24, 2.45) is 7.05 Å². The summed E-state index contributed by atoms with van der Waals surface area (Å²) in [6.07, 6.45) is 9.36. The smallest absolute Gasteiger partial charge is 0.158 e. The molecule has 0 aliphatic carbocycles. The average Bonchev–Trinajstić information content (AvgIpc) is 2.79. The molecular weight excluding hydrogens is 330 g/mol. The van der Waals surface area contributed by atoms with Crippen molar-refractivity contribution < 1.29 is 0 Å². The number of allylic oxidation sites excluding steroid dienone is 2. The van der Waals surface area contributed by atoms with E-state index >= 15 is 0 Å². The molecule has 2 aromatic rings. The number of fused-ring (bicyclic) bond motifs is 1. The highest BCUT2D eigenvalue weighted by atomic mass is 15.4. The number of anilines is 2. The largest absolute Gasteiger partial charge is 0.324 e. The van der Waals surface area contributed by atoms with E-state index in [2.05, 4.69) is 69.5 Å². The number of aromatic nitrogens is 2. The van der Waals surface area contributed by atoms with Crippen LogP contribution in [0.2, 0.25) is 0 Å². The molecule has 1 aromatic carbocycles. The molecule has 0 atom stereocenters. The molecule has 3 heteroatoms. The Labute approximate surface area is 165 Å². The van der Waals surface area contributed by atoms with E-state index in [1.807, 2.05) is 0 Å². The zero-order valence-electron chi connectivity index (χ0n) is 18.0. The predicted octanol–water partition coefficient (Wildman–Crippen LogP) is 6.41. The van der Waals surface area contributed by atoms with Crippen LogP contribution in [0.5, 0.6) is 0 Å². The zero-order chi connectivity index (χ0) is 19.6. The molecule has 0 spiro atoms. The van der Waals surface area contributed by atoms with Crippen LogP contribution in [0.1, 0.15) is 73.9 Å². The topological polar surface area (TPSA) is 21.1 Å². The van der Waals surface area contributed by atoms with Crippen molar-refractivity contribution in [2.45, 2.75) is 73.1 Å². The van der Waals surface area contributed by atoms with Gasteiger partial charge >= 0.3 is 0 Å². The van der Waals surface area contributed by atoms with Gasteiger partial charge in [0, 0.05) is 24.8 Å². The normalized spacial score (nSPS) is 15.0. The summed E-state index contributed by atoms with van der Waals surface area (Å²) >= 11 is 0. The lowest BCUT2D eigenvalue weighted by Crippen LogP contribution is -2.20. The van der Waals surface area contributed by atoms with E-state index in [-0.39, 0.29) is 0 Å². The fourth-order valence-electron chi connectivity index (χ4n) is 4.73. The predicted molar refractivity (Wildman–Crippen MR) is 117 cm³/mol. The molecule has 0 saturated heterocycles. The fourth-order valence-corrected chi connectivity index (χ4v) is 4.73. The van der Waals surface area contributed by atoms with E-state index in [4.69, 9.17) is 5.10 Å². The Hall–Kier alpha value is -2.03. The van der Waals surface area contributed by atoms with Gasteiger partial charge in [-0.1, -0.05) is 44.0 Å². The number of hydrogen-bond donors (Lipinski definition) is 0. The lowest BCUT2D eigenvalue weighted by Gasteiger charge is -2.26. The summed E-state index contributed by atoms with van der Waals surface area (Å²) in [5.41, 5.74) is 9.67. The van der Waals surface area contributed by atoms with Gasteiger partial charge in [0.1, 0.15) is 0 Å². The average molecular weight is 366 g/mol. The molecule has 0 amide bonds. The maximum Gasteiger partial charge on any atom is 0.158 e. The van der Waals surface area contributed by atoms with Gasteiger partial charge in [-0.2, -0.15) is 5.10 Å². The Morgan fingerprint density at radius 1 is 1.11 bits per heavy atom. The Kier molecular flexibility index (Phi) is 6.08. The van der Waals surface area contributed by atoms with Crippen molar-refractivity contribution in [3.8, 4) is 0 Å². The molecule has 3 nitrogen and oxygen atoms in total. The molecular formula is C24H35N3. The third-order valence-corrected chi connectivity index (χ3v) is 5.62. The van der Waals surface area contributed by atoms with Crippen LogP contribution in [0.15, 0.2) is 18.2 Å². The lowest BCUT2D eigenvalue weighted by atomic mass is 9.99. The van der Waals surface area contributed by atoms with Gasteiger partial charge in [0.2, 0.25) is 0 Å². The number of rotatable bonds is 5. The minimum Gasteiger partial charge on any atom is -0.324 e. The van der Waals surface area contributed by atoms with Crippen LogP contribution in [0.4, 0.5) is 11.5 Å². The molecule has 0 N–H and O–H groups in total. The van der Waals surface area contributed by atoms with Crippen molar-refractivity contribution in [3.05, 3.63) is 46.2 Å². The summed E-state index contributed by atoms with van der Waals surface area (Å²) in [7, 11) is 2.12. The summed E-state index contributed by atoms with van der Waals surface area (Å²) in [5, 5.41) is 5.06. The third kappa shape index (κ3) is 3.83. The van der Waals surface area contributed by atoms with Crippen LogP contribution in [0.3, 0.4) is 0 Å². The number of nitrogens with zero attached hydrogens (tertiary/aromatic N) is 3. The summed E-state index contributed by atoms with van der Waals surface area (Å²) in [4.78, 5) is 2.49. The molecule has 0 unspecified atom stereocenters. The van der Waals surface area contributed by atoms with Crippen LogP contribution in [-0.2, 0) is 13.5 Å². The summed E-state index contributed by atoms with van der Waals surface area (Å²) in [5.74, 6) is 1.18. The molecule has 1 aromatic heterocycles. The Bertz CT molecular complexity index is 819. The number of benzene rings is 1. The molecule has 27 heavy (non-hydrogen) atoms. The van der Waals surface area contributed by atoms with Gasteiger partial charge in [-0.15, -0.1) is 0 Å². The van der Waals surface area contributed by atoms with Gasteiger partial charge in [0.05, 0.1) is 5.69 Å². The van der Waals surface area contributed by atoms with E-state index in [0.29, 0.717) is 0 Å². The summed E-state index contributed by atoms with van der Waals surface area (Å²) in [6, 6.07) is 4.60. The number of hydrogen-bond acceptors (Lipinski definition) is 2. The fraction of sp³-hybridized carbons (Fsp3) is 0.542. The first kappa shape index (κ1) is 19.7. The molecule has 0 fully saturated rings. The maximum atomic E-state index is 5.06. The second kappa shape index (κ2) is 8.33. The molecule has 0 bridgehead atoms. The molecule has 2 heterocycles. The van der Waals surface area contributed by atoms with Crippen LogP contribution in [0.25, 0.3) is 5.57 Å².